The van der Waals surface area contributed by atoms with Gasteiger partial charge in [-0.2, -0.15) is 0 Å². The summed E-state index contributed by atoms with van der Waals surface area (Å²) in [6, 6.07) is 6.04. The third-order valence-electron chi connectivity index (χ3n) is 2.83. The van der Waals surface area contributed by atoms with Crippen LogP contribution >= 0.6 is 0 Å². The lowest BCUT2D eigenvalue weighted by atomic mass is 10.1. The quantitative estimate of drug-likeness (QED) is 0.903. The van der Waals surface area contributed by atoms with Crippen molar-refractivity contribution in [3.05, 3.63) is 54.0 Å². The lowest BCUT2D eigenvalue weighted by Crippen LogP contribution is -2.31. The molecule has 2 N–H and O–H groups in total. The summed E-state index contributed by atoms with van der Waals surface area (Å²) in [6.45, 7) is 1.88. The Morgan fingerprint density at radius 2 is 2.11 bits per heavy atom. The third-order valence-corrected chi connectivity index (χ3v) is 2.83. The van der Waals surface area contributed by atoms with Gasteiger partial charge >= 0.3 is 0 Å². The molecule has 0 fully saturated rings. The van der Waals surface area contributed by atoms with Gasteiger partial charge in [-0.05, 0) is 30.7 Å². The van der Waals surface area contributed by atoms with Gasteiger partial charge < -0.3 is 14.9 Å². The SMILES string of the molecule is CCC(N)C(Oc1cc(F)ccc1F)c1ccco1. The molecular weight excluding hydrogens is 252 g/mol. The molecule has 2 unspecified atom stereocenters. The maximum Gasteiger partial charge on any atom is 0.171 e. The highest BCUT2D eigenvalue weighted by atomic mass is 19.1. The Balaban J connectivity index is 2.28. The lowest BCUT2D eigenvalue weighted by Gasteiger charge is -2.22. The summed E-state index contributed by atoms with van der Waals surface area (Å²) in [5.74, 6) is -0.899. The van der Waals surface area contributed by atoms with Crippen LogP contribution in [0.25, 0.3) is 0 Å². The second kappa shape index (κ2) is 5.84. The van der Waals surface area contributed by atoms with Crippen molar-refractivity contribution < 1.29 is 17.9 Å². The highest BCUT2D eigenvalue weighted by molar-refractivity contribution is 5.26. The van der Waals surface area contributed by atoms with E-state index < -0.39 is 17.7 Å². The van der Waals surface area contributed by atoms with Gasteiger partial charge in [-0.25, -0.2) is 8.78 Å². The first kappa shape index (κ1) is 13.5. The Hall–Kier alpha value is -1.88. The molecule has 1 aromatic heterocycles. The second-order valence-corrected chi connectivity index (χ2v) is 4.20. The zero-order valence-electron chi connectivity index (χ0n) is 10.5. The summed E-state index contributed by atoms with van der Waals surface area (Å²) in [4.78, 5) is 0. The molecule has 0 saturated carbocycles. The van der Waals surface area contributed by atoms with Crippen molar-refractivity contribution in [1.82, 2.24) is 0 Å². The summed E-state index contributed by atoms with van der Waals surface area (Å²) in [5, 5.41) is 0. The van der Waals surface area contributed by atoms with Gasteiger partial charge in [0, 0.05) is 12.1 Å². The molecule has 102 valence electrons. The highest BCUT2D eigenvalue weighted by Crippen LogP contribution is 2.28. The van der Waals surface area contributed by atoms with Crippen LogP contribution in [0.5, 0.6) is 5.75 Å². The Morgan fingerprint density at radius 1 is 1.32 bits per heavy atom. The summed E-state index contributed by atoms with van der Waals surface area (Å²) >= 11 is 0. The van der Waals surface area contributed by atoms with Crippen LogP contribution in [-0.2, 0) is 0 Å². The largest absolute Gasteiger partial charge is 0.478 e. The Kier molecular flexibility index (Phi) is 4.16. The number of hydrogen-bond donors (Lipinski definition) is 1. The topological polar surface area (TPSA) is 48.4 Å². The monoisotopic (exact) mass is 267 g/mol. The van der Waals surface area contributed by atoms with E-state index in [4.69, 9.17) is 14.9 Å². The molecule has 2 rings (SSSR count). The molecule has 0 amide bonds. The van der Waals surface area contributed by atoms with Gasteiger partial charge in [-0.15, -0.1) is 0 Å². The minimum Gasteiger partial charge on any atom is -0.478 e. The van der Waals surface area contributed by atoms with Gasteiger partial charge in [0.2, 0.25) is 0 Å². The van der Waals surface area contributed by atoms with E-state index in [1.807, 2.05) is 6.92 Å². The molecular formula is C14H15F2NO2. The van der Waals surface area contributed by atoms with Crippen molar-refractivity contribution in [2.24, 2.45) is 5.73 Å². The maximum atomic E-state index is 13.6. The van der Waals surface area contributed by atoms with Crippen LogP contribution < -0.4 is 10.5 Å². The predicted molar refractivity (Wildman–Crippen MR) is 66.7 cm³/mol. The molecule has 2 atom stereocenters. The molecule has 2 aromatic rings. The van der Waals surface area contributed by atoms with E-state index in [9.17, 15) is 8.78 Å². The zero-order valence-corrected chi connectivity index (χ0v) is 10.5. The fourth-order valence-corrected chi connectivity index (χ4v) is 1.73. The van der Waals surface area contributed by atoms with Gasteiger partial charge in [0.15, 0.2) is 17.7 Å². The molecule has 5 heteroatoms. The van der Waals surface area contributed by atoms with Gasteiger partial charge in [-0.3, -0.25) is 0 Å². The van der Waals surface area contributed by atoms with E-state index in [1.165, 1.54) is 6.26 Å². The molecule has 3 nitrogen and oxygen atoms in total. The average molecular weight is 267 g/mol. The Labute approximate surface area is 110 Å². The van der Waals surface area contributed by atoms with Crippen LogP contribution in [0.1, 0.15) is 25.2 Å². The average Bonchev–Trinajstić information content (AvgIpc) is 2.92. The number of rotatable bonds is 5. The molecule has 19 heavy (non-hydrogen) atoms. The van der Waals surface area contributed by atoms with E-state index in [0.29, 0.717) is 12.2 Å². The number of hydrogen-bond acceptors (Lipinski definition) is 3. The van der Waals surface area contributed by atoms with Crippen molar-refractivity contribution in [2.45, 2.75) is 25.5 Å². The van der Waals surface area contributed by atoms with Gasteiger partial charge in [0.1, 0.15) is 11.6 Å². The predicted octanol–water partition coefficient (Wildman–Crippen LogP) is 3.42. The van der Waals surface area contributed by atoms with Crippen molar-refractivity contribution in [3.8, 4) is 5.75 Å². The highest BCUT2D eigenvalue weighted by Gasteiger charge is 2.24. The summed E-state index contributed by atoms with van der Waals surface area (Å²) in [6.07, 6.45) is 1.44. The molecule has 0 aliphatic heterocycles. The molecule has 0 bridgehead atoms. The standard InChI is InChI=1S/C14H15F2NO2/c1-2-11(17)14(12-4-3-7-18-12)19-13-8-9(15)5-6-10(13)16/h3-8,11,14H,2,17H2,1H3. The molecule has 0 aliphatic carbocycles. The number of benzene rings is 1. The van der Waals surface area contributed by atoms with E-state index in [-0.39, 0.29) is 11.8 Å². The van der Waals surface area contributed by atoms with Gasteiger partial charge in [0.25, 0.3) is 0 Å². The van der Waals surface area contributed by atoms with E-state index in [1.54, 1.807) is 12.1 Å². The lowest BCUT2D eigenvalue weighted by molar-refractivity contribution is 0.138. The van der Waals surface area contributed by atoms with Crippen LogP contribution in [0.15, 0.2) is 41.0 Å². The van der Waals surface area contributed by atoms with Crippen LogP contribution in [0.2, 0.25) is 0 Å². The second-order valence-electron chi connectivity index (χ2n) is 4.20. The molecule has 1 heterocycles. The van der Waals surface area contributed by atoms with E-state index in [2.05, 4.69) is 0 Å². The molecule has 0 radical (unpaired) electrons. The van der Waals surface area contributed by atoms with E-state index >= 15 is 0 Å². The minimum atomic E-state index is -0.656. The molecule has 0 saturated heterocycles. The van der Waals surface area contributed by atoms with Crippen LogP contribution in [0.4, 0.5) is 8.78 Å². The van der Waals surface area contributed by atoms with Crippen LogP contribution in [0.3, 0.4) is 0 Å². The third kappa shape index (κ3) is 3.12. The van der Waals surface area contributed by atoms with Gasteiger partial charge in [0.05, 0.1) is 6.26 Å². The van der Waals surface area contributed by atoms with Crippen LogP contribution in [-0.4, -0.2) is 6.04 Å². The minimum absolute atomic E-state index is 0.176. The Bertz CT molecular complexity index is 528. The van der Waals surface area contributed by atoms with Crippen molar-refractivity contribution in [1.29, 1.82) is 0 Å². The zero-order chi connectivity index (χ0) is 13.8. The Morgan fingerprint density at radius 3 is 2.74 bits per heavy atom. The van der Waals surface area contributed by atoms with Crippen molar-refractivity contribution in [3.63, 3.8) is 0 Å². The van der Waals surface area contributed by atoms with Crippen molar-refractivity contribution >= 4 is 0 Å². The smallest absolute Gasteiger partial charge is 0.171 e. The number of halogens is 2. The first-order chi connectivity index (χ1) is 9.11. The fraction of sp³-hybridized carbons (Fsp3) is 0.286. The number of furan rings is 1. The maximum absolute atomic E-state index is 13.6. The van der Waals surface area contributed by atoms with E-state index in [0.717, 1.165) is 18.2 Å². The van der Waals surface area contributed by atoms with Gasteiger partial charge in [-0.1, -0.05) is 6.92 Å². The first-order valence-corrected chi connectivity index (χ1v) is 6.02. The van der Waals surface area contributed by atoms with Crippen LogP contribution in [0, 0.1) is 11.6 Å². The molecule has 0 aliphatic rings. The summed E-state index contributed by atoms with van der Waals surface area (Å²) < 4.78 is 37.4. The first-order valence-electron chi connectivity index (χ1n) is 6.02. The summed E-state index contributed by atoms with van der Waals surface area (Å²) in [5.41, 5.74) is 5.94. The molecule has 0 spiro atoms. The molecule has 1 aromatic carbocycles. The summed E-state index contributed by atoms with van der Waals surface area (Å²) in [7, 11) is 0. The fourth-order valence-electron chi connectivity index (χ4n) is 1.73. The number of ether oxygens (including phenoxy) is 1. The normalized spacial score (nSPS) is 14.1. The van der Waals surface area contributed by atoms with Crippen molar-refractivity contribution in [2.75, 3.05) is 0 Å². The number of nitrogens with two attached hydrogens (primary N) is 1.